The van der Waals surface area contributed by atoms with Gasteiger partial charge in [0.25, 0.3) is 0 Å². The van der Waals surface area contributed by atoms with Crippen molar-refractivity contribution in [2.45, 2.75) is 31.5 Å². The zero-order chi connectivity index (χ0) is 14.7. The maximum atomic E-state index is 5.66. The van der Waals surface area contributed by atoms with Crippen molar-refractivity contribution in [3.63, 3.8) is 0 Å². The van der Waals surface area contributed by atoms with Crippen LogP contribution in [0.1, 0.15) is 18.4 Å². The van der Waals surface area contributed by atoms with Gasteiger partial charge in [0.15, 0.2) is 0 Å². The summed E-state index contributed by atoms with van der Waals surface area (Å²) < 4.78 is 12.1. The van der Waals surface area contributed by atoms with E-state index in [0.29, 0.717) is 6.04 Å². The normalized spacial score (nSPS) is 23.2. The van der Waals surface area contributed by atoms with Crippen LogP contribution in [0.15, 0.2) is 22.7 Å². The molecule has 0 aromatic heterocycles. The van der Waals surface area contributed by atoms with Gasteiger partial charge in [-0.3, -0.25) is 4.90 Å². The molecule has 0 radical (unpaired) electrons. The van der Waals surface area contributed by atoms with Gasteiger partial charge in [0.2, 0.25) is 0 Å². The van der Waals surface area contributed by atoms with E-state index in [2.05, 4.69) is 38.3 Å². The van der Waals surface area contributed by atoms with Crippen LogP contribution in [0.3, 0.4) is 0 Å². The maximum Gasteiger partial charge on any atom is 0.119 e. The summed E-state index contributed by atoms with van der Waals surface area (Å²) in [6.07, 6.45) is 2.66. The van der Waals surface area contributed by atoms with Crippen LogP contribution in [-0.4, -0.2) is 50.4 Å². The molecule has 1 unspecified atom stereocenters. The van der Waals surface area contributed by atoms with Crippen LogP contribution >= 0.6 is 15.9 Å². The van der Waals surface area contributed by atoms with E-state index in [9.17, 15) is 0 Å². The summed E-state index contributed by atoms with van der Waals surface area (Å²) in [5.74, 6) is 0.911. The highest BCUT2D eigenvalue weighted by atomic mass is 79.9. The van der Waals surface area contributed by atoms with Crippen molar-refractivity contribution in [3.05, 3.63) is 28.2 Å². The van der Waals surface area contributed by atoms with Gasteiger partial charge in [-0.1, -0.05) is 15.9 Å². The number of benzene rings is 1. The third kappa shape index (κ3) is 4.19. The summed E-state index contributed by atoms with van der Waals surface area (Å²) in [5.41, 5.74) is 1.27. The molecule has 21 heavy (non-hydrogen) atoms. The van der Waals surface area contributed by atoms with E-state index in [1.807, 2.05) is 6.07 Å². The van der Waals surface area contributed by atoms with Crippen molar-refractivity contribution in [2.24, 2.45) is 0 Å². The Morgan fingerprint density at radius 1 is 1.43 bits per heavy atom. The number of nitrogens with zero attached hydrogens (tertiary/aromatic N) is 1. The van der Waals surface area contributed by atoms with Crippen LogP contribution in [0.25, 0.3) is 0 Å². The zero-order valence-corrected chi connectivity index (χ0v) is 14.1. The number of ether oxygens (including phenoxy) is 2. The lowest BCUT2D eigenvalue weighted by molar-refractivity contribution is -0.0111. The van der Waals surface area contributed by atoms with E-state index < -0.39 is 0 Å². The number of halogens is 1. The van der Waals surface area contributed by atoms with E-state index in [1.165, 1.54) is 18.4 Å². The molecule has 5 heteroatoms. The highest BCUT2D eigenvalue weighted by Gasteiger charge is 2.27. The predicted molar refractivity (Wildman–Crippen MR) is 86.7 cm³/mol. The van der Waals surface area contributed by atoms with Crippen LogP contribution in [0, 0.1) is 0 Å². The van der Waals surface area contributed by atoms with E-state index in [0.717, 1.165) is 49.1 Å². The van der Waals surface area contributed by atoms with E-state index >= 15 is 0 Å². The fourth-order valence-electron chi connectivity index (χ4n) is 2.69. The van der Waals surface area contributed by atoms with Gasteiger partial charge in [-0.05, 0) is 36.6 Å². The molecule has 0 amide bonds. The largest absolute Gasteiger partial charge is 0.497 e. The van der Waals surface area contributed by atoms with E-state index in [4.69, 9.17) is 9.47 Å². The van der Waals surface area contributed by atoms with Crippen LogP contribution in [-0.2, 0) is 11.3 Å². The second-order valence-electron chi connectivity index (χ2n) is 5.84. The molecular weight excluding hydrogens is 332 g/mol. The van der Waals surface area contributed by atoms with Crippen LogP contribution in [0.4, 0.5) is 0 Å². The molecule has 2 aliphatic rings. The molecule has 1 N–H and O–H groups in total. The average Bonchev–Trinajstić information content (AvgIpc) is 3.33. The number of rotatable bonds is 6. The molecule has 116 valence electrons. The van der Waals surface area contributed by atoms with E-state index in [1.54, 1.807) is 7.11 Å². The molecule has 3 rings (SSSR count). The number of morpholine rings is 1. The van der Waals surface area contributed by atoms with Crippen LogP contribution in [0.2, 0.25) is 0 Å². The summed E-state index contributed by atoms with van der Waals surface area (Å²) in [4.78, 5) is 2.51. The van der Waals surface area contributed by atoms with Gasteiger partial charge in [-0.15, -0.1) is 0 Å². The van der Waals surface area contributed by atoms with Gasteiger partial charge in [-0.2, -0.15) is 0 Å². The third-order valence-corrected chi connectivity index (χ3v) is 4.97. The van der Waals surface area contributed by atoms with Gasteiger partial charge in [0.05, 0.1) is 20.3 Å². The Morgan fingerprint density at radius 3 is 3.05 bits per heavy atom. The molecule has 1 heterocycles. The number of hydrogen-bond donors (Lipinski definition) is 1. The van der Waals surface area contributed by atoms with Gasteiger partial charge in [0, 0.05) is 36.2 Å². The Bertz CT molecular complexity index is 479. The molecule has 1 aromatic rings. The van der Waals surface area contributed by atoms with Crippen molar-refractivity contribution < 1.29 is 9.47 Å². The first-order valence-corrected chi connectivity index (χ1v) is 8.43. The van der Waals surface area contributed by atoms with Gasteiger partial charge in [-0.25, -0.2) is 0 Å². The van der Waals surface area contributed by atoms with Crippen LogP contribution in [0.5, 0.6) is 5.75 Å². The van der Waals surface area contributed by atoms with Gasteiger partial charge < -0.3 is 14.8 Å². The Kier molecular flexibility index (Phi) is 5.16. The third-order valence-electron chi connectivity index (χ3n) is 4.20. The topological polar surface area (TPSA) is 33.7 Å². The van der Waals surface area contributed by atoms with Crippen molar-refractivity contribution in [1.29, 1.82) is 0 Å². The smallest absolute Gasteiger partial charge is 0.119 e. The summed E-state index contributed by atoms with van der Waals surface area (Å²) >= 11 is 3.65. The molecule has 1 atom stereocenters. The molecule has 1 saturated carbocycles. The van der Waals surface area contributed by atoms with Crippen molar-refractivity contribution >= 4 is 15.9 Å². The van der Waals surface area contributed by atoms with E-state index in [-0.39, 0.29) is 0 Å². The first kappa shape index (κ1) is 15.3. The van der Waals surface area contributed by atoms with Crippen molar-refractivity contribution in [1.82, 2.24) is 10.2 Å². The van der Waals surface area contributed by atoms with Crippen molar-refractivity contribution in [3.8, 4) is 5.75 Å². The van der Waals surface area contributed by atoms with Gasteiger partial charge in [0.1, 0.15) is 5.75 Å². The first-order chi connectivity index (χ1) is 10.3. The summed E-state index contributed by atoms with van der Waals surface area (Å²) in [5, 5.41) is 3.62. The maximum absolute atomic E-state index is 5.66. The molecule has 0 bridgehead atoms. The molecular formula is C16H23BrN2O2. The molecule has 1 aliphatic carbocycles. The fourth-order valence-corrected chi connectivity index (χ4v) is 3.07. The summed E-state index contributed by atoms with van der Waals surface area (Å²) in [6.45, 7) is 4.58. The highest BCUT2D eigenvalue weighted by molar-refractivity contribution is 9.10. The second kappa shape index (κ2) is 7.09. The number of hydrogen-bond acceptors (Lipinski definition) is 4. The Morgan fingerprint density at radius 2 is 2.29 bits per heavy atom. The molecule has 4 nitrogen and oxygen atoms in total. The predicted octanol–water partition coefficient (Wildman–Crippen LogP) is 2.41. The molecule has 1 saturated heterocycles. The summed E-state index contributed by atoms with van der Waals surface area (Å²) in [6, 6.07) is 7.37. The Labute approximate surface area is 134 Å². The first-order valence-electron chi connectivity index (χ1n) is 7.64. The number of methoxy groups -OCH3 is 1. The minimum absolute atomic E-state index is 0.456. The minimum atomic E-state index is 0.456. The highest BCUT2D eigenvalue weighted by Crippen LogP contribution is 2.25. The van der Waals surface area contributed by atoms with Crippen LogP contribution < -0.4 is 10.1 Å². The molecule has 0 spiro atoms. The quantitative estimate of drug-likeness (QED) is 0.850. The summed E-state index contributed by atoms with van der Waals surface area (Å²) in [7, 11) is 1.71. The second-order valence-corrected chi connectivity index (χ2v) is 6.69. The monoisotopic (exact) mass is 354 g/mol. The minimum Gasteiger partial charge on any atom is -0.497 e. The zero-order valence-electron chi connectivity index (χ0n) is 12.5. The fraction of sp³-hybridized carbons (Fsp3) is 0.625. The lowest BCUT2D eigenvalue weighted by atomic mass is 10.1. The lowest BCUT2D eigenvalue weighted by Gasteiger charge is -2.36. The molecule has 2 fully saturated rings. The SMILES string of the molecule is COc1ccc(Br)c(CN2CCOCC2CNC2CC2)c1. The number of nitrogens with one attached hydrogen (secondary N) is 1. The molecule has 1 aromatic carbocycles. The average molecular weight is 355 g/mol. The Hall–Kier alpha value is -0.620. The van der Waals surface area contributed by atoms with Crippen molar-refractivity contribution in [2.75, 3.05) is 33.4 Å². The standard InChI is InChI=1S/C16H23BrN2O2/c1-20-15-4-5-16(17)12(8-15)10-19-6-7-21-11-14(19)9-18-13-2-3-13/h4-5,8,13-14,18H,2-3,6-7,9-11H2,1H3. The lowest BCUT2D eigenvalue weighted by Crippen LogP contribution is -2.50. The Balaban J connectivity index is 1.65. The van der Waals surface area contributed by atoms with Gasteiger partial charge >= 0.3 is 0 Å². The molecule has 1 aliphatic heterocycles.